The average Bonchev–Trinajstić information content (AvgIpc) is 0. The molecule has 2 nitrogen and oxygen atoms in total. The maximum absolute atomic E-state index is 0. The van der Waals surface area contributed by atoms with Crippen molar-refractivity contribution in [3.05, 3.63) is 0 Å². The molecule has 0 aliphatic heterocycles. The second-order valence-corrected chi connectivity index (χ2v) is 0. The summed E-state index contributed by atoms with van der Waals surface area (Å²) < 4.78 is 0. The molecule has 0 bridgehead atoms. The molecule has 0 aromatic heterocycles. The van der Waals surface area contributed by atoms with Crippen molar-refractivity contribution in [2.45, 2.75) is 0 Å². The van der Waals surface area contributed by atoms with E-state index in [-0.39, 0.29) is 86.3 Å². The molecule has 0 aromatic rings. The molecule has 0 aromatic carbocycles. The second kappa shape index (κ2) is 97.5. The van der Waals surface area contributed by atoms with E-state index in [0.29, 0.717) is 0 Å². The van der Waals surface area contributed by atoms with Crippen molar-refractivity contribution in [1.82, 2.24) is 6.15 Å². The molecular weight excluding hydrogens is 238 g/mol. The first-order valence-electron chi connectivity index (χ1n) is 0. The monoisotopic (exact) mass is 249 g/mol. The summed E-state index contributed by atoms with van der Waals surface area (Å²) in [4.78, 5) is 0. The van der Waals surface area contributed by atoms with Gasteiger partial charge in [0, 0.05) is 34.1 Å². The largest absolute Gasteiger partial charge is 0.412 e. The van der Waals surface area contributed by atoms with Gasteiger partial charge in [-0.05, 0) is 0 Å². The summed E-state index contributed by atoms with van der Waals surface area (Å²) in [6, 6.07) is 0. The zero-order valence-corrected chi connectivity index (χ0v) is 8.62. The molecule has 56 valence electrons. The molecule has 0 rings (SSSR count). The van der Waals surface area contributed by atoms with Crippen LogP contribution in [-0.2, 0) is 34.1 Å². The van der Waals surface area contributed by atoms with Crippen molar-refractivity contribution < 1.29 is 39.6 Å². The summed E-state index contributed by atoms with van der Waals surface area (Å²) in [5.41, 5.74) is 0. The van der Waals surface area contributed by atoms with Crippen LogP contribution in [0.3, 0.4) is 0 Å². The second-order valence-electron chi connectivity index (χ2n) is 0. The SMILES string of the molecule is N.O.S.S.S.[Fe].[Fe]. The van der Waals surface area contributed by atoms with Crippen molar-refractivity contribution in [1.29, 1.82) is 0 Å². The Morgan fingerprint density at radius 1 is 0.571 bits per heavy atom. The van der Waals surface area contributed by atoms with E-state index >= 15 is 0 Å². The third-order valence-corrected chi connectivity index (χ3v) is 0. The molecule has 0 saturated carbocycles. The minimum absolute atomic E-state index is 0. The van der Waals surface area contributed by atoms with Crippen LogP contribution in [0.1, 0.15) is 0 Å². The summed E-state index contributed by atoms with van der Waals surface area (Å²) in [5, 5.41) is 0. The fourth-order valence-corrected chi connectivity index (χ4v) is 0. The minimum Gasteiger partial charge on any atom is -0.412 e. The van der Waals surface area contributed by atoms with E-state index in [2.05, 4.69) is 0 Å². The Morgan fingerprint density at radius 2 is 0.571 bits per heavy atom. The summed E-state index contributed by atoms with van der Waals surface area (Å²) in [6.07, 6.45) is 0. The molecule has 0 aliphatic rings. The van der Waals surface area contributed by atoms with Gasteiger partial charge in [-0.3, -0.25) is 0 Å². The van der Waals surface area contributed by atoms with Crippen LogP contribution in [0.25, 0.3) is 0 Å². The molecule has 0 fully saturated rings. The van der Waals surface area contributed by atoms with E-state index in [4.69, 9.17) is 0 Å². The Balaban J connectivity index is 0. The molecule has 0 radical (unpaired) electrons. The topological polar surface area (TPSA) is 66.5 Å². The van der Waals surface area contributed by atoms with Crippen molar-refractivity contribution in [3.63, 3.8) is 0 Å². The zero-order chi connectivity index (χ0) is 0. The van der Waals surface area contributed by atoms with E-state index in [0.717, 1.165) is 0 Å². The minimum atomic E-state index is 0. The van der Waals surface area contributed by atoms with Crippen molar-refractivity contribution in [2.75, 3.05) is 0 Å². The van der Waals surface area contributed by atoms with Gasteiger partial charge in [-0.15, -0.1) is 0 Å². The van der Waals surface area contributed by atoms with Crippen molar-refractivity contribution >= 4 is 40.5 Å². The molecule has 5 N–H and O–H groups in total. The Bertz CT molecular complexity index is 12.9. The Labute approximate surface area is 85.8 Å². The number of rotatable bonds is 0. The molecular formula is H11Fe2NOS3. The van der Waals surface area contributed by atoms with Gasteiger partial charge in [-0.1, -0.05) is 0 Å². The fourth-order valence-electron chi connectivity index (χ4n) is 0. The molecule has 0 amide bonds. The van der Waals surface area contributed by atoms with E-state index in [1.165, 1.54) is 0 Å². The third-order valence-electron chi connectivity index (χ3n) is 0. The molecule has 0 unspecified atom stereocenters. The smallest absolute Gasteiger partial charge is 0 e. The van der Waals surface area contributed by atoms with Crippen molar-refractivity contribution in [2.24, 2.45) is 0 Å². The molecule has 0 atom stereocenters. The predicted molar refractivity (Wildman–Crippen MR) is 39.8 cm³/mol. The van der Waals surface area contributed by atoms with Gasteiger partial charge in [-0.25, -0.2) is 0 Å². The van der Waals surface area contributed by atoms with Gasteiger partial charge in [0.1, 0.15) is 0 Å². The normalized spacial score (nSPS) is 0. The van der Waals surface area contributed by atoms with E-state index in [1.54, 1.807) is 0 Å². The van der Waals surface area contributed by atoms with E-state index in [1.807, 2.05) is 0 Å². The first-order valence-corrected chi connectivity index (χ1v) is 0. The van der Waals surface area contributed by atoms with Gasteiger partial charge in [0.05, 0.1) is 0 Å². The molecule has 0 aliphatic carbocycles. The van der Waals surface area contributed by atoms with Crippen molar-refractivity contribution in [3.8, 4) is 0 Å². The Hall–Kier alpha value is 2.01. The van der Waals surface area contributed by atoms with Crippen LogP contribution >= 0.6 is 40.5 Å². The molecule has 7 heteroatoms. The molecule has 0 saturated heterocycles. The van der Waals surface area contributed by atoms with Crippen LogP contribution in [0.15, 0.2) is 0 Å². The zero-order valence-electron chi connectivity index (χ0n) is 3.41. The standard InChI is InChI=1S/2Fe.H3N.H2O.3H2S/h;;1H3;4*1H2. The number of hydrogen-bond acceptors (Lipinski definition) is 1. The first-order chi connectivity index (χ1) is 0. The van der Waals surface area contributed by atoms with Gasteiger partial charge < -0.3 is 11.6 Å². The summed E-state index contributed by atoms with van der Waals surface area (Å²) in [5.74, 6) is 0. The van der Waals surface area contributed by atoms with Crippen LogP contribution in [-0.4, -0.2) is 5.48 Å². The molecule has 0 spiro atoms. The van der Waals surface area contributed by atoms with Crippen LogP contribution in [0.4, 0.5) is 0 Å². The van der Waals surface area contributed by atoms with Gasteiger partial charge in [0.2, 0.25) is 0 Å². The summed E-state index contributed by atoms with van der Waals surface area (Å²) >= 11 is 0. The molecule has 7 heavy (non-hydrogen) atoms. The van der Waals surface area contributed by atoms with Gasteiger partial charge >= 0.3 is 0 Å². The Kier molecular flexibility index (Phi) is 1990. The van der Waals surface area contributed by atoms with Crippen LogP contribution < -0.4 is 6.15 Å². The van der Waals surface area contributed by atoms with Crippen LogP contribution in [0, 0.1) is 0 Å². The van der Waals surface area contributed by atoms with E-state index in [9.17, 15) is 0 Å². The predicted octanol–water partition coefficient (Wildman–Crippen LogP) is -0.329. The first kappa shape index (κ1) is 143. The average molecular weight is 249 g/mol. The fraction of sp³-hybridized carbons (Fsp3) is 0. The quantitative estimate of drug-likeness (QED) is 0.587. The van der Waals surface area contributed by atoms with Gasteiger partial charge in [-0.2, -0.15) is 40.5 Å². The summed E-state index contributed by atoms with van der Waals surface area (Å²) in [6.45, 7) is 0. The van der Waals surface area contributed by atoms with Crippen LogP contribution in [0.5, 0.6) is 0 Å². The third kappa shape index (κ3) is 71.7. The maximum Gasteiger partial charge on any atom is 0 e. The number of hydrogen-bond donors (Lipinski definition) is 1. The maximum atomic E-state index is 0. The van der Waals surface area contributed by atoms with E-state index < -0.39 is 0 Å². The summed E-state index contributed by atoms with van der Waals surface area (Å²) in [7, 11) is 0. The molecule has 0 heterocycles. The van der Waals surface area contributed by atoms with Gasteiger partial charge in [0.15, 0.2) is 0 Å². The van der Waals surface area contributed by atoms with Crippen LogP contribution in [0.2, 0.25) is 0 Å². The Morgan fingerprint density at radius 3 is 0.571 bits per heavy atom. The van der Waals surface area contributed by atoms with Gasteiger partial charge in [0.25, 0.3) is 0 Å².